The van der Waals surface area contributed by atoms with Crippen molar-refractivity contribution < 1.29 is 9.32 Å². The lowest BCUT2D eigenvalue weighted by atomic mass is 10.1. The summed E-state index contributed by atoms with van der Waals surface area (Å²) >= 11 is 0. The molecule has 0 aliphatic rings. The van der Waals surface area contributed by atoms with Crippen LogP contribution in [0.15, 0.2) is 35.1 Å². The van der Waals surface area contributed by atoms with Gasteiger partial charge in [-0.3, -0.25) is 4.79 Å². The summed E-state index contributed by atoms with van der Waals surface area (Å²) in [6.07, 6.45) is 1.51. The molecule has 1 amide bonds. The molecule has 114 valence electrons. The van der Waals surface area contributed by atoms with E-state index in [-0.39, 0.29) is 11.9 Å². The number of aromatic amines is 1. The van der Waals surface area contributed by atoms with Crippen molar-refractivity contribution in [1.29, 1.82) is 0 Å². The van der Waals surface area contributed by atoms with E-state index in [4.69, 9.17) is 4.52 Å². The second-order valence-electron chi connectivity index (χ2n) is 5.69. The third-order valence-corrected chi connectivity index (χ3v) is 4.21. The van der Waals surface area contributed by atoms with E-state index < -0.39 is 0 Å². The predicted octanol–water partition coefficient (Wildman–Crippen LogP) is 3.61. The highest BCUT2D eigenvalue weighted by molar-refractivity contribution is 6.01. The standard InChI is InChI=1S/C17H19N3O2/c1-10-5-6-15-13(9-10)11(2)16(18-15)17(21)20(4)12(3)14-7-8-22-19-14/h5-9,12,18H,1-4H3/t12-/m1/s1. The number of nitrogens with one attached hydrogen (secondary N) is 1. The van der Waals surface area contributed by atoms with Crippen LogP contribution in [-0.2, 0) is 0 Å². The monoisotopic (exact) mass is 297 g/mol. The molecule has 0 spiro atoms. The first-order valence-corrected chi connectivity index (χ1v) is 7.25. The number of H-pyrrole nitrogens is 1. The van der Waals surface area contributed by atoms with Crippen LogP contribution in [0.3, 0.4) is 0 Å². The zero-order valence-corrected chi connectivity index (χ0v) is 13.2. The molecule has 0 unspecified atom stereocenters. The number of hydrogen-bond acceptors (Lipinski definition) is 3. The zero-order valence-electron chi connectivity index (χ0n) is 13.2. The predicted molar refractivity (Wildman–Crippen MR) is 84.8 cm³/mol. The molecule has 1 aromatic carbocycles. The van der Waals surface area contributed by atoms with Crippen LogP contribution in [0.2, 0.25) is 0 Å². The van der Waals surface area contributed by atoms with Gasteiger partial charge in [0.25, 0.3) is 5.91 Å². The van der Waals surface area contributed by atoms with Crippen molar-refractivity contribution in [2.24, 2.45) is 0 Å². The van der Waals surface area contributed by atoms with Gasteiger partial charge >= 0.3 is 0 Å². The van der Waals surface area contributed by atoms with E-state index in [2.05, 4.69) is 16.2 Å². The summed E-state index contributed by atoms with van der Waals surface area (Å²) in [5.41, 5.74) is 4.49. The maximum atomic E-state index is 12.8. The summed E-state index contributed by atoms with van der Waals surface area (Å²) in [6.45, 7) is 5.95. The third kappa shape index (κ3) is 2.28. The van der Waals surface area contributed by atoms with Crippen molar-refractivity contribution in [1.82, 2.24) is 15.0 Å². The molecular weight excluding hydrogens is 278 g/mol. The highest BCUT2D eigenvalue weighted by atomic mass is 16.5. The molecule has 5 heteroatoms. The van der Waals surface area contributed by atoms with Gasteiger partial charge < -0.3 is 14.4 Å². The van der Waals surface area contributed by atoms with Gasteiger partial charge in [-0.15, -0.1) is 0 Å². The van der Waals surface area contributed by atoms with Gasteiger partial charge in [0.15, 0.2) is 0 Å². The number of carbonyl (C=O) groups excluding carboxylic acids is 1. The summed E-state index contributed by atoms with van der Waals surface area (Å²) in [7, 11) is 1.78. The van der Waals surface area contributed by atoms with Crippen LogP contribution >= 0.6 is 0 Å². The topological polar surface area (TPSA) is 62.1 Å². The molecule has 0 aliphatic carbocycles. The van der Waals surface area contributed by atoms with Crippen LogP contribution in [0.25, 0.3) is 10.9 Å². The smallest absolute Gasteiger partial charge is 0.270 e. The van der Waals surface area contributed by atoms with E-state index in [1.165, 1.54) is 11.8 Å². The number of hydrogen-bond donors (Lipinski definition) is 1. The quantitative estimate of drug-likeness (QED) is 0.803. The summed E-state index contributed by atoms with van der Waals surface area (Å²) in [5.74, 6) is -0.0538. The van der Waals surface area contributed by atoms with Gasteiger partial charge in [-0.2, -0.15) is 0 Å². The van der Waals surface area contributed by atoms with Crippen LogP contribution in [0, 0.1) is 13.8 Å². The lowest BCUT2D eigenvalue weighted by molar-refractivity contribution is 0.0732. The van der Waals surface area contributed by atoms with Crippen molar-refractivity contribution in [2.75, 3.05) is 7.05 Å². The number of fused-ring (bicyclic) bond motifs is 1. The SMILES string of the molecule is Cc1ccc2[nH]c(C(=O)N(C)[C@H](C)c3ccon3)c(C)c2c1. The van der Waals surface area contributed by atoms with E-state index in [9.17, 15) is 4.79 Å². The van der Waals surface area contributed by atoms with Crippen LogP contribution in [-0.4, -0.2) is 28.0 Å². The Morgan fingerprint density at radius 3 is 2.77 bits per heavy atom. The number of amides is 1. The molecule has 0 bridgehead atoms. The first-order valence-electron chi connectivity index (χ1n) is 7.25. The third-order valence-electron chi connectivity index (χ3n) is 4.21. The second-order valence-corrected chi connectivity index (χ2v) is 5.69. The number of aromatic nitrogens is 2. The number of nitrogens with zero attached hydrogens (tertiary/aromatic N) is 2. The van der Waals surface area contributed by atoms with Crippen molar-refractivity contribution in [3.63, 3.8) is 0 Å². The Morgan fingerprint density at radius 2 is 2.09 bits per heavy atom. The van der Waals surface area contributed by atoms with Crippen molar-refractivity contribution in [3.05, 3.63) is 53.0 Å². The Balaban J connectivity index is 1.96. The van der Waals surface area contributed by atoms with Crippen molar-refractivity contribution >= 4 is 16.8 Å². The van der Waals surface area contributed by atoms with E-state index in [1.807, 2.05) is 32.9 Å². The number of carbonyl (C=O) groups is 1. The molecule has 0 saturated carbocycles. The molecule has 2 aromatic heterocycles. The molecular formula is C17H19N3O2. The summed E-state index contributed by atoms with van der Waals surface area (Å²) in [4.78, 5) is 17.7. The van der Waals surface area contributed by atoms with Gasteiger partial charge in [-0.25, -0.2) is 0 Å². The molecule has 0 fully saturated rings. The molecule has 0 aliphatic heterocycles. The molecule has 3 aromatic rings. The first kappa shape index (κ1) is 14.4. The van der Waals surface area contributed by atoms with Crippen LogP contribution < -0.4 is 0 Å². The van der Waals surface area contributed by atoms with E-state index in [0.717, 1.165) is 22.2 Å². The molecule has 3 rings (SSSR count). The number of aryl methyl sites for hydroxylation is 2. The molecule has 5 nitrogen and oxygen atoms in total. The summed E-state index contributed by atoms with van der Waals surface area (Å²) in [5, 5.41) is 5.00. The van der Waals surface area contributed by atoms with E-state index >= 15 is 0 Å². The van der Waals surface area contributed by atoms with Crippen LogP contribution in [0.1, 0.15) is 40.3 Å². The van der Waals surface area contributed by atoms with Gasteiger partial charge in [0.1, 0.15) is 17.7 Å². The Bertz CT molecular complexity index is 818. The average Bonchev–Trinajstić information content (AvgIpc) is 3.14. The molecule has 1 atom stereocenters. The second kappa shape index (κ2) is 5.33. The largest absolute Gasteiger partial charge is 0.364 e. The van der Waals surface area contributed by atoms with Gasteiger partial charge in [0, 0.05) is 24.0 Å². The fraction of sp³-hybridized carbons (Fsp3) is 0.294. The van der Waals surface area contributed by atoms with Gasteiger partial charge in [0.2, 0.25) is 0 Å². The van der Waals surface area contributed by atoms with Crippen molar-refractivity contribution in [2.45, 2.75) is 26.8 Å². The molecule has 22 heavy (non-hydrogen) atoms. The lowest BCUT2D eigenvalue weighted by Crippen LogP contribution is -2.30. The Morgan fingerprint density at radius 1 is 1.32 bits per heavy atom. The summed E-state index contributed by atoms with van der Waals surface area (Å²) in [6, 6.07) is 7.76. The Hall–Kier alpha value is -2.56. The zero-order chi connectivity index (χ0) is 15.9. The normalized spacial score (nSPS) is 12.5. The minimum absolute atomic E-state index is 0.0538. The van der Waals surface area contributed by atoms with E-state index in [1.54, 1.807) is 18.0 Å². The molecule has 0 radical (unpaired) electrons. The number of rotatable bonds is 3. The molecule has 1 N–H and O–H groups in total. The number of benzene rings is 1. The average molecular weight is 297 g/mol. The maximum absolute atomic E-state index is 12.8. The fourth-order valence-electron chi connectivity index (χ4n) is 2.64. The molecule has 0 saturated heterocycles. The highest BCUT2D eigenvalue weighted by Crippen LogP contribution is 2.26. The molecule has 2 heterocycles. The van der Waals surface area contributed by atoms with Crippen molar-refractivity contribution in [3.8, 4) is 0 Å². The minimum atomic E-state index is -0.154. The van der Waals surface area contributed by atoms with Gasteiger partial charge in [-0.05, 0) is 38.5 Å². The Kier molecular flexibility index (Phi) is 3.48. The van der Waals surface area contributed by atoms with Gasteiger partial charge in [0.05, 0.1) is 6.04 Å². The lowest BCUT2D eigenvalue weighted by Gasteiger charge is -2.22. The highest BCUT2D eigenvalue weighted by Gasteiger charge is 2.24. The fourth-order valence-corrected chi connectivity index (χ4v) is 2.64. The minimum Gasteiger partial charge on any atom is -0.364 e. The maximum Gasteiger partial charge on any atom is 0.270 e. The van der Waals surface area contributed by atoms with Crippen LogP contribution in [0.5, 0.6) is 0 Å². The summed E-state index contributed by atoms with van der Waals surface area (Å²) < 4.78 is 4.86. The van der Waals surface area contributed by atoms with Gasteiger partial charge in [-0.1, -0.05) is 16.8 Å². The van der Waals surface area contributed by atoms with Crippen LogP contribution in [0.4, 0.5) is 0 Å². The van der Waals surface area contributed by atoms with E-state index in [0.29, 0.717) is 5.69 Å². The Labute approximate surface area is 128 Å². The first-order chi connectivity index (χ1) is 10.5.